The molecule has 0 heterocycles. The van der Waals surface area contributed by atoms with E-state index in [0.717, 1.165) is 109 Å². The summed E-state index contributed by atoms with van der Waals surface area (Å²) in [5.74, 6) is -0.907. The van der Waals surface area contributed by atoms with Gasteiger partial charge in [-0.05, 0) is 89.9 Å². The summed E-state index contributed by atoms with van der Waals surface area (Å²) in [6.07, 6.45) is 69.3. The van der Waals surface area contributed by atoms with E-state index >= 15 is 0 Å². The fraction of sp³-hybridized carbons (Fsp3) is 0.750. The summed E-state index contributed by atoms with van der Waals surface area (Å²) >= 11 is 0. The zero-order valence-corrected chi connectivity index (χ0v) is 43.4. The lowest BCUT2D eigenvalue weighted by Gasteiger charge is -2.18. The largest absolute Gasteiger partial charge is 0.462 e. The summed E-state index contributed by atoms with van der Waals surface area (Å²) in [4.78, 5) is 37.8. The second-order valence-electron chi connectivity index (χ2n) is 18.5. The van der Waals surface area contributed by atoms with E-state index in [-0.39, 0.29) is 31.1 Å². The Kier molecular flexibility index (Phi) is 51.9. The van der Waals surface area contributed by atoms with Crippen molar-refractivity contribution in [1.82, 2.24) is 0 Å². The number of allylic oxidation sites excluding steroid dienone is 12. The summed E-state index contributed by atoms with van der Waals surface area (Å²) in [6.45, 7) is 6.45. The Morgan fingerprint density at radius 2 is 0.591 bits per heavy atom. The maximum Gasteiger partial charge on any atom is 0.306 e. The van der Waals surface area contributed by atoms with Gasteiger partial charge in [-0.25, -0.2) is 0 Å². The molecule has 380 valence electrons. The van der Waals surface area contributed by atoms with Gasteiger partial charge in [0.15, 0.2) is 6.10 Å². The van der Waals surface area contributed by atoms with Crippen LogP contribution in [0.4, 0.5) is 0 Å². The van der Waals surface area contributed by atoms with Gasteiger partial charge in [-0.2, -0.15) is 0 Å². The first-order valence-electron chi connectivity index (χ1n) is 27.9. The van der Waals surface area contributed by atoms with Crippen LogP contribution in [0.15, 0.2) is 72.9 Å². The van der Waals surface area contributed by atoms with Crippen LogP contribution >= 0.6 is 0 Å². The number of carbonyl (C=O) groups is 3. The van der Waals surface area contributed by atoms with Crippen LogP contribution in [0.25, 0.3) is 0 Å². The Bertz CT molecular complexity index is 1240. The molecule has 0 N–H and O–H groups in total. The highest BCUT2D eigenvalue weighted by Gasteiger charge is 2.19. The van der Waals surface area contributed by atoms with E-state index in [4.69, 9.17) is 14.2 Å². The molecule has 0 aliphatic heterocycles. The second kappa shape index (κ2) is 54.5. The third kappa shape index (κ3) is 51.8. The van der Waals surface area contributed by atoms with E-state index in [1.807, 2.05) is 0 Å². The van der Waals surface area contributed by atoms with E-state index in [1.54, 1.807) is 0 Å². The molecule has 0 spiro atoms. The molecule has 0 fully saturated rings. The summed E-state index contributed by atoms with van der Waals surface area (Å²) in [5, 5.41) is 0. The third-order valence-electron chi connectivity index (χ3n) is 11.9. The van der Waals surface area contributed by atoms with Gasteiger partial charge < -0.3 is 14.2 Å². The van der Waals surface area contributed by atoms with Gasteiger partial charge in [0, 0.05) is 19.3 Å². The van der Waals surface area contributed by atoms with Crippen LogP contribution < -0.4 is 0 Å². The Morgan fingerprint density at radius 3 is 0.924 bits per heavy atom. The molecular weight excluding hydrogens is 817 g/mol. The number of rotatable bonds is 50. The maximum absolute atomic E-state index is 12.8. The van der Waals surface area contributed by atoms with Gasteiger partial charge in [0.2, 0.25) is 0 Å². The topological polar surface area (TPSA) is 78.9 Å². The lowest BCUT2D eigenvalue weighted by molar-refractivity contribution is -0.167. The van der Waals surface area contributed by atoms with Crippen LogP contribution in [0.1, 0.15) is 271 Å². The van der Waals surface area contributed by atoms with Gasteiger partial charge in [0.1, 0.15) is 13.2 Å². The van der Waals surface area contributed by atoms with Gasteiger partial charge in [0.25, 0.3) is 0 Å². The first-order chi connectivity index (χ1) is 32.5. The first-order valence-corrected chi connectivity index (χ1v) is 27.9. The van der Waals surface area contributed by atoms with E-state index in [1.165, 1.54) is 122 Å². The van der Waals surface area contributed by atoms with Crippen LogP contribution in [-0.4, -0.2) is 37.2 Å². The van der Waals surface area contributed by atoms with Gasteiger partial charge in [-0.15, -0.1) is 0 Å². The Morgan fingerprint density at radius 1 is 0.318 bits per heavy atom. The number of carbonyl (C=O) groups excluding carboxylic acids is 3. The minimum Gasteiger partial charge on any atom is -0.462 e. The van der Waals surface area contributed by atoms with Crippen LogP contribution in [-0.2, 0) is 28.6 Å². The summed E-state index contributed by atoms with van der Waals surface area (Å²) in [6, 6.07) is 0. The van der Waals surface area contributed by atoms with Crippen LogP contribution in [0, 0.1) is 0 Å². The highest BCUT2D eigenvalue weighted by Crippen LogP contribution is 2.15. The molecule has 66 heavy (non-hydrogen) atoms. The van der Waals surface area contributed by atoms with E-state index in [2.05, 4.69) is 93.7 Å². The molecule has 1 unspecified atom stereocenters. The van der Waals surface area contributed by atoms with E-state index < -0.39 is 6.10 Å². The fourth-order valence-electron chi connectivity index (χ4n) is 7.76. The molecule has 0 saturated heterocycles. The van der Waals surface area contributed by atoms with Gasteiger partial charge in [-0.1, -0.05) is 235 Å². The highest BCUT2D eigenvalue weighted by molar-refractivity contribution is 5.71. The molecule has 6 nitrogen and oxygen atoms in total. The molecule has 0 aromatic heterocycles. The molecule has 0 radical (unpaired) electrons. The number of hydrogen-bond acceptors (Lipinski definition) is 6. The standard InChI is InChI=1S/C60H104O6/c1-4-7-10-13-16-18-20-22-24-25-26-27-28-29-30-31-32-33-34-35-37-38-40-42-44-47-50-53-59(62)65-56-57(55-64-58(61)52-49-46-15-12-9-6-3)66-60(63)54-51-48-45-43-41-39-36-23-21-19-17-14-11-8-5-2/h8,11,17,19-20,22-23,25-26,28-29,36,57H,4-7,9-10,12-16,18,21,24,27,30-35,37-56H2,1-3H3/b11-8-,19-17-,22-20-,26-25-,29-28-,36-23-. The third-order valence-corrected chi connectivity index (χ3v) is 11.9. The minimum atomic E-state index is -0.781. The van der Waals surface area contributed by atoms with Crippen LogP contribution in [0.3, 0.4) is 0 Å². The van der Waals surface area contributed by atoms with Gasteiger partial charge >= 0.3 is 17.9 Å². The Labute approximate surface area is 408 Å². The van der Waals surface area contributed by atoms with Crippen molar-refractivity contribution in [3.63, 3.8) is 0 Å². The molecule has 0 saturated carbocycles. The van der Waals surface area contributed by atoms with Crippen molar-refractivity contribution in [1.29, 1.82) is 0 Å². The molecule has 0 aliphatic carbocycles. The molecule has 0 rings (SSSR count). The molecule has 0 aliphatic rings. The van der Waals surface area contributed by atoms with E-state index in [0.29, 0.717) is 19.3 Å². The molecule has 6 heteroatoms. The first kappa shape index (κ1) is 62.8. The monoisotopic (exact) mass is 921 g/mol. The van der Waals surface area contributed by atoms with Crippen LogP contribution in [0.5, 0.6) is 0 Å². The average Bonchev–Trinajstić information content (AvgIpc) is 3.31. The normalized spacial score (nSPS) is 12.6. The lowest BCUT2D eigenvalue weighted by Crippen LogP contribution is -2.30. The molecule has 0 bridgehead atoms. The van der Waals surface area contributed by atoms with Gasteiger partial charge in [-0.3, -0.25) is 14.4 Å². The zero-order chi connectivity index (χ0) is 47.9. The van der Waals surface area contributed by atoms with Crippen molar-refractivity contribution in [2.24, 2.45) is 0 Å². The van der Waals surface area contributed by atoms with Crippen molar-refractivity contribution in [3.8, 4) is 0 Å². The van der Waals surface area contributed by atoms with Crippen LogP contribution in [0.2, 0.25) is 0 Å². The van der Waals surface area contributed by atoms with Crippen molar-refractivity contribution in [2.75, 3.05) is 13.2 Å². The molecule has 0 amide bonds. The fourth-order valence-corrected chi connectivity index (χ4v) is 7.76. The SMILES string of the molecule is CC/C=C\C/C=C\C/C=C\CCCCCCCC(=O)OC(COC(=O)CCCCCCCC)COC(=O)CCCCCCCCCCCCCC/C=C\C/C=C\C/C=C\CCCCCCC. The Hall–Kier alpha value is -3.15. The quantitative estimate of drug-likeness (QED) is 0.0262. The molecule has 0 aromatic rings. The number of unbranched alkanes of at least 4 members (excludes halogenated alkanes) is 27. The summed E-state index contributed by atoms with van der Waals surface area (Å²) in [5.41, 5.74) is 0. The molecular formula is C60H104O6. The van der Waals surface area contributed by atoms with Crippen molar-refractivity contribution in [2.45, 2.75) is 277 Å². The van der Waals surface area contributed by atoms with Crippen molar-refractivity contribution in [3.05, 3.63) is 72.9 Å². The number of esters is 3. The highest BCUT2D eigenvalue weighted by atomic mass is 16.6. The predicted molar refractivity (Wildman–Crippen MR) is 284 cm³/mol. The van der Waals surface area contributed by atoms with Gasteiger partial charge in [0.05, 0.1) is 0 Å². The lowest BCUT2D eigenvalue weighted by atomic mass is 10.0. The second-order valence-corrected chi connectivity index (χ2v) is 18.5. The average molecular weight is 921 g/mol. The minimum absolute atomic E-state index is 0.0825. The smallest absolute Gasteiger partial charge is 0.306 e. The number of ether oxygens (including phenoxy) is 3. The maximum atomic E-state index is 12.8. The number of hydrogen-bond donors (Lipinski definition) is 0. The predicted octanol–water partition coefficient (Wildman–Crippen LogP) is 18.6. The zero-order valence-electron chi connectivity index (χ0n) is 43.4. The molecule has 0 aromatic carbocycles. The van der Waals surface area contributed by atoms with Crippen molar-refractivity contribution >= 4 is 17.9 Å². The Balaban J connectivity index is 4.11. The van der Waals surface area contributed by atoms with Crippen molar-refractivity contribution < 1.29 is 28.6 Å². The summed E-state index contributed by atoms with van der Waals surface area (Å²) < 4.78 is 16.7. The summed E-state index contributed by atoms with van der Waals surface area (Å²) in [7, 11) is 0. The van der Waals surface area contributed by atoms with E-state index in [9.17, 15) is 14.4 Å². The molecule has 1 atom stereocenters.